The number of nitrogens with one attached hydrogen (secondary N) is 1. The summed E-state index contributed by atoms with van der Waals surface area (Å²) in [5.74, 6) is 1.13. The Morgan fingerprint density at radius 1 is 1.33 bits per heavy atom. The van der Waals surface area contributed by atoms with Gasteiger partial charge in [0.05, 0.1) is 19.6 Å². The zero-order chi connectivity index (χ0) is 18.9. The van der Waals surface area contributed by atoms with Crippen LogP contribution in [0.25, 0.3) is 0 Å². The lowest BCUT2D eigenvalue weighted by Crippen LogP contribution is -2.40. The maximum atomic E-state index is 12.9. The summed E-state index contributed by atoms with van der Waals surface area (Å²) in [5, 5.41) is 3.28. The minimum absolute atomic E-state index is 0. The molecule has 2 unspecified atom stereocenters. The SMILES string of the molecule is CCNC(=NCCCOc1ccc(F)cc1)N1CC(C)C(C(=O)OC)C1.I. The van der Waals surface area contributed by atoms with Crippen molar-refractivity contribution in [2.75, 3.05) is 39.9 Å². The Morgan fingerprint density at radius 3 is 2.67 bits per heavy atom. The molecule has 8 heteroatoms. The molecule has 0 saturated carbocycles. The van der Waals surface area contributed by atoms with Gasteiger partial charge in [-0.3, -0.25) is 9.79 Å². The van der Waals surface area contributed by atoms with Crippen LogP contribution >= 0.6 is 24.0 Å². The molecule has 2 rings (SSSR count). The van der Waals surface area contributed by atoms with Crippen molar-refractivity contribution in [1.29, 1.82) is 0 Å². The van der Waals surface area contributed by atoms with Crippen LogP contribution in [0.1, 0.15) is 20.3 Å². The summed E-state index contributed by atoms with van der Waals surface area (Å²) in [5.41, 5.74) is 0. The van der Waals surface area contributed by atoms with Crippen LogP contribution in [0.2, 0.25) is 0 Å². The molecule has 1 aromatic carbocycles. The molecule has 0 aromatic heterocycles. The molecule has 1 aliphatic heterocycles. The molecule has 0 aliphatic carbocycles. The highest BCUT2D eigenvalue weighted by molar-refractivity contribution is 14.0. The third-order valence-corrected chi connectivity index (χ3v) is 4.40. The number of ether oxygens (including phenoxy) is 2. The molecule has 1 saturated heterocycles. The number of halogens is 2. The number of methoxy groups -OCH3 is 1. The summed E-state index contributed by atoms with van der Waals surface area (Å²) >= 11 is 0. The smallest absolute Gasteiger partial charge is 0.310 e. The summed E-state index contributed by atoms with van der Waals surface area (Å²) in [6.45, 7) is 7.35. The van der Waals surface area contributed by atoms with E-state index in [1.807, 2.05) is 6.92 Å². The molecule has 1 aliphatic rings. The molecule has 27 heavy (non-hydrogen) atoms. The predicted octanol–water partition coefficient (Wildman–Crippen LogP) is 2.92. The van der Waals surface area contributed by atoms with Crippen molar-refractivity contribution in [3.05, 3.63) is 30.1 Å². The van der Waals surface area contributed by atoms with Crippen molar-refractivity contribution in [1.82, 2.24) is 10.2 Å². The molecular weight excluding hydrogens is 464 g/mol. The van der Waals surface area contributed by atoms with Crippen LogP contribution in [0.4, 0.5) is 4.39 Å². The molecule has 1 aromatic rings. The van der Waals surface area contributed by atoms with Crippen LogP contribution in [0.15, 0.2) is 29.3 Å². The van der Waals surface area contributed by atoms with Crippen molar-refractivity contribution in [2.24, 2.45) is 16.8 Å². The zero-order valence-electron chi connectivity index (χ0n) is 16.1. The molecule has 2 atom stereocenters. The second kappa shape index (κ2) is 12.0. The number of guanidine groups is 1. The van der Waals surface area contributed by atoms with E-state index in [1.54, 1.807) is 12.1 Å². The first-order valence-electron chi connectivity index (χ1n) is 9.04. The number of likely N-dealkylation sites (tertiary alicyclic amines) is 1. The molecule has 1 fully saturated rings. The number of rotatable bonds is 7. The van der Waals surface area contributed by atoms with E-state index in [9.17, 15) is 9.18 Å². The zero-order valence-corrected chi connectivity index (χ0v) is 18.4. The number of aliphatic imine (C=N–C) groups is 1. The van der Waals surface area contributed by atoms with E-state index in [2.05, 4.69) is 22.1 Å². The molecule has 6 nitrogen and oxygen atoms in total. The van der Waals surface area contributed by atoms with Crippen LogP contribution in [-0.4, -0.2) is 56.7 Å². The van der Waals surface area contributed by atoms with Crippen LogP contribution in [0.3, 0.4) is 0 Å². The molecule has 1 N–H and O–H groups in total. The van der Waals surface area contributed by atoms with Crippen molar-refractivity contribution in [3.8, 4) is 5.75 Å². The van der Waals surface area contributed by atoms with Gasteiger partial charge in [0.1, 0.15) is 11.6 Å². The van der Waals surface area contributed by atoms with E-state index in [4.69, 9.17) is 9.47 Å². The summed E-state index contributed by atoms with van der Waals surface area (Å²) in [6.07, 6.45) is 0.746. The highest BCUT2D eigenvalue weighted by atomic mass is 127. The van der Waals surface area contributed by atoms with Gasteiger partial charge in [-0.1, -0.05) is 6.92 Å². The second-order valence-electron chi connectivity index (χ2n) is 6.40. The van der Waals surface area contributed by atoms with Crippen LogP contribution in [-0.2, 0) is 9.53 Å². The molecule has 1 heterocycles. The minimum Gasteiger partial charge on any atom is -0.494 e. The topological polar surface area (TPSA) is 63.2 Å². The van der Waals surface area contributed by atoms with Crippen LogP contribution in [0.5, 0.6) is 5.75 Å². The Morgan fingerprint density at radius 2 is 2.04 bits per heavy atom. The van der Waals surface area contributed by atoms with Crippen molar-refractivity contribution < 1.29 is 18.7 Å². The maximum Gasteiger partial charge on any atom is 0.310 e. The van der Waals surface area contributed by atoms with Gasteiger partial charge in [0, 0.05) is 32.6 Å². The normalized spacial score (nSPS) is 19.4. The fraction of sp³-hybridized carbons (Fsp3) is 0.579. The lowest BCUT2D eigenvalue weighted by Gasteiger charge is -2.21. The number of benzene rings is 1. The first kappa shape index (κ1) is 23.5. The average Bonchev–Trinajstić information content (AvgIpc) is 3.03. The van der Waals surface area contributed by atoms with Crippen LogP contribution in [0, 0.1) is 17.7 Å². The largest absolute Gasteiger partial charge is 0.494 e. The summed E-state index contributed by atoms with van der Waals surface area (Å²) < 4.78 is 23.3. The third-order valence-electron chi connectivity index (χ3n) is 4.40. The highest BCUT2D eigenvalue weighted by Gasteiger charge is 2.36. The van der Waals surface area contributed by atoms with Gasteiger partial charge in [-0.2, -0.15) is 0 Å². The summed E-state index contributed by atoms with van der Waals surface area (Å²) in [6, 6.07) is 5.98. The number of carbonyl (C=O) groups excluding carboxylic acids is 1. The van der Waals surface area contributed by atoms with Gasteiger partial charge in [-0.15, -0.1) is 24.0 Å². The first-order chi connectivity index (χ1) is 12.5. The van der Waals surface area contributed by atoms with Gasteiger partial charge < -0.3 is 19.7 Å². The highest BCUT2D eigenvalue weighted by Crippen LogP contribution is 2.24. The Balaban J connectivity index is 0.00000364. The monoisotopic (exact) mass is 493 g/mol. The van der Waals surface area contributed by atoms with Gasteiger partial charge >= 0.3 is 5.97 Å². The van der Waals surface area contributed by atoms with E-state index >= 15 is 0 Å². The minimum atomic E-state index is -0.276. The number of hydrogen-bond acceptors (Lipinski definition) is 4. The molecule has 0 amide bonds. The van der Waals surface area contributed by atoms with Gasteiger partial charge in [0.25, 0.3) is 0 Å². The Labute approximate surface area is 177 Å². The van der Waals surface area contributed by atoms with Gasteiger partial charge in [0.2, 0.25) is 0 Å². The first-order valence-corrected chi connectivity index (χ1v) is 9.04. The number of esters is 1. The van der Waals surface area contributed by atoms with E-state index in [-0.39, 0.29) is 47.6 Å². The standard InChI is InChI=1S/C19H28FN3O3.HI/c1-4-21-19(23-12-14(2)17(13-23)18(24)25-3)22-10-5-11-26-16-8-6-15(20)7-9-16;/h6-9,14,17H,4-5,10-13H2,1-3H3,(H,21,22);1H. The third kappa shape index (κ3) is 7.15. The van der Waals surface area contributed by atoms with E-state index in [0.29, 0.717) is 25.4 Å². The summed E-state index contributed by atoms with van der Waals surface area (Å²) in [4.78, 5) is 18.6. The van der Waals surface area contributed by atoms with Crippen LogP contribution < -0.4 is 10.1 Å². The van der Waals surface area contributed by atoms with Crippen molar-refractivity contribution in [3.63, 3.8) is 0 Å². The van der Waals surface area contributed by atoms with Crippen molar-refractivity contribution in [2.45, 2.75) is 20.3 Å². The van der Waals surface area contributed by atoms with E-state index in [0.717, 1.165) is 25.5 Å². The maximum absolute atomic E-state index is 12.9. The number of hydrogen-bond donors (Lipinski definition) is 1. The molecule has 0 spiro atoms. The average molecular weight is 493 g/mol. The summed E-state index contributed by atoms with van der Waals surface area (Å²) in [7, 11) is 1.43. The quantitative estimate of drug-likeness (QED) is 0.208. The molecule has 0 radical (unpaired) electrons. The lowest BCUT2D eigenvalue weighted by atomic mass is 9.99. The molecular formula is C19H29FIN3O3. The Kier molecular flexibility index (Phi) is 10.4. The molecule has 0 bridgehead atoms. The predicted molar refractivity (Wildman–Crippen MR) is 114 cm³/mol. The Bertz CT molecular complexity index is 613. The fourth-order valence-corrected chi connectivity index (χ4v) is 2.99. The second-order valence-corrected chi connectivity index (χ2v) is 6.40. The van der Waals surface area contributed by atoms with Gasteiger partial charge in [0.15, 0.2) is 5.96 Å². The molecule has 152 valence electrons. The van der Waals surface area contributed by atoms with Crippen molar-refractivity contribution >= 4 is 35.9 Å². The van der Waals surface area contributed by atoms with Gasteiger partial charge in [-0.25, -0.2) is 4.39 Å². The number of nitrogens with zero attached hydrogens (tertiary/aromatic N) is 2. The van der Waals surface area contributed by atoms with E-state index in [1.165, 1.54) is 19.2 Å². The number of carbonyl (C=O) groups is 1. The van der Waals surface area contributed by atoms with E-state index < -0.39 is 0 Å². The van der Waals surface area contributed by atoms with Gasteiger partial charge in [-0.05, 0) is 37.1 Å². The lowest BCUT2D eigenvalue weighted by molar-refractivity contribution is -0.145. The fourth-order valence-electron chi connectivity index (χ4n) is 2.99. The Hall–Kier alpha value is -1.58.